The van der Waals surface area contributed by atoms with Crippen LogP contribution in [0.15, 0.2) is 30.3 Å². The van der Waals surface area contributed by atoms with Gasteiger partial charge in [-0.25, -0.2) is 0 Å². The third-order valence-electron chi connectivity index (χ3n) is 8.30. The summed E-state index contributed by atoms with van der Waals surface area (Å²) in [6.45, 7) is 4.65. The Kier molecular flexibility index (Phi) is 10.1. The molecule has 2 aromatic rings. The lowest BCUT2D eigenvalue weighted by molar-refractivity contribution is -0.137. The summed E-state index contributed by atoms with van der Waals surface area (Å²) in [5, 5.41) is 10.4. The quantitative estimate of drug-likeness (QED) is 0.402. The molecule has 1 saturated heterocycles. The van der Waals surface area contributed by atoms with Crippen LogP contribution in [0.4, 0.5) is 5.69 Å². The molecule has 1 saturated carbocycles. The highest BCUT2D eigenvalue weighted by molar-refractivity contribution is 5.97. The molecule has 41 heavy (non-hydrogen) atoms. The first-order valence-electron chi connectivity index (χ1n) is 14.7. The minimum absolute atomic E-state index is 0.0710. The minimum atomic E-state index is -0.648. The van der Waals surface area contributed by atoms with Gasteiger partial charge in [-0.05, 0) is 49.6 Å². The Morgan fingerprint density at radius 1 is 1.00 bits per heavy atom. The number of nitrogens with zero attached hydrogens (tertiary/aromatic N) is 4. The lowest BCUT2D eigenvalue weighted by atomic mass is 9.78. The van der Waals surface area contributed by atoms with Crippen molar-refractivity contribution < 1.29 is 19.2 Å². The van der Waals surface area contributed by atoms with E-state index in [1.54, 1.807) is 20.0 Å². The van der Waals surface area contributed by atoms with Crippen molar-refractivity contribution in [2.45, 2.75) is 63.8 Å². The molecule has 4 amide bonds. The minimum Gasteiger partial charge on any atom is -0.364 e. The van der Waals surface area contributed by atoms with Gasteiger partial charge in [0.05, 0.1) is 11.6 Å². The highest BCUT2D eigenvalue weighted by atomic mass is 16.2. The van der Waals surface area contributed by atoms with Crippen molar-refractivity contribution >= 4 is 29.3 Å². The molecule has 0 spiro atoms. The summed E-state index contributed by atoms with van der Waals surface area (Å²) in [5.41, 5.74) is 7.84. The van der Waals surface area contributed by atoms with Gasteiger partial charge in [0, 0.05) is 51.8 Å². The molecule has 11 nitrogen and oxygen atoms in total. The predicted octanol–water partition coefficient (Wildman–Crippen LogP) is 2.03. The zero-order valence-corrected chi connectivity index (χ0v) is 24.4. The second-order valence-corrected chi connectivity index (χ2v) is 11.3. The maximum Gasteiger partial charge on any atom is 0.266 e. The standard InChI is InChI=1S/C30H43N7O4/c1-4-26(38)33-24(30(41)37-16-14-35(2)15-17-37)18-20-10-12-22(13-11-20)32-29(40)27(21-8-6-5-7-9-21)23-19-25(28(31)39)36(3)34-23/h10-13,19,21,24,27H,4-9,14-18H2,1-3H3,(H2,31,39)(H,32,40)(H,33,38)/t24-,27+/m1/s1. The number of carbonyl (C=O) groups is 4. The molecule has 0 unspecified atom stereocenters. The van der Waals surface area contributed by atoms with E-state index in [-0.39, 0.29) is 29.3 Å². The van der Waals surface area contributed by atoms with Gasteiger partial charge in [-0.1, -0.05) is 38.3 Å². The second kappa shape index (κ2) is 13.8. The Morgan fingerprint density at radius 3 is 2.24 bits per heavy atom. The van der Waals surface area contributed by atoms with Gasteiger partial charge in [-0.3, -0.25) is 23.9 Å². The topological polar surface area (TPSA) is 143 Å². The van der Waals surface area contributed by atoms with E-state index in [0.717, 1.165) is 50.8 Å². The van der Waals surface area contributed by atoms with E-state index >= 15 is 0 Å². The number of nitrogens with one attached hydrogen (secondary N) is 2. The number of rotatable bonds is 10. The van der Waals surface area contributed by atoms with Crippen LogP contribution in [0.3, 0.4) is 0 Å². The van der Waals surface area contributed by atoms with E-state index in [2.05, 4.69) is 20.6 Å². The van der Waals surface area contributed by atoms with Gasteiger partial charge in [-0.15, -0.1) is 0 Å². The molecule has 1 aromatic heterocycles. The van der Waals surface area contributed by atoms with Crippen LogP contribution in [0.25, 0.3) is 0 Å². The van der Waals surface area contributed by atoms with Crippen LogP contribution in [-0.4, -0.2) is 82.5 Å². The lowest BCUT2D eigenvalue weighted by Gasteiger charge is -2.34. The zero-order valence-electron chi connectivity index (χ0n) is 24.4. The van der Waals surface area contributed by atoms with Crippen LogP contribution < -0.4 is 16.4 Å². The molecule has 1 aliphatic heterocycles. The maximum absolute atomic E-state index is 13.6. The number of anilines is 1. The number of carbonyl (C=O) groups excluding carboxylic acids is 4. The summed E-state index contributed by atoms with van der Waals surface area (Å²) in [6, 6.07) is 8.37. The number of nitrogens with two attached hydrogens (primary N) is 1. The van der Waals surface area contributed by atoms with Crippen molar-refractivity contribution in [3.8, 4) is 0 Å². The van der Waals surface area contributed by atoms with Gasteiger partial charge >= 0.3 is 0 Å². The van der Waals surface area contributed by atoms with Crippen LogP contribution in [0.2, 0.25) is 0 Å². The number of hydrogen-bond acceptors (Lipinski definition) is 6. The monoisotopic (exact) mass is 565 g/mol. The Morgan fingerprint density at radius 2 is 1.66 bits per heavy atom. The van der Waals surface area contributed by atoms with Crippen molar-refractivity contribution in [3.63, 3.8) is 0 Å². The summed E-state index contributed by atoms with van der Waals surface area (Å²) >= 11 is 0. The molecule has 2 heterocycles. The van der Waals surface area contributed by atoms with E-state index in [0.29, 0.717) is 37.3 Å². The van der Waals surface area contributed by atoms with Gasteiger partial charge < -0.3 is 26.2 Å². The van der Waals surface area contributed by atoms with Crippen molar-refractivity contribution in [3.05, 3.63) is 47.3 Å². The zero-order chi connectivity index (χ0) is 29.5. The number of amides is 4. The predicted molar refractivity (Wildman–Crippen MR) is 156 cm³/mol. The molecule has 1 aromatic carbocycles. The van der Waals surface area contributed by atoms with Gasteiger partial charge in [0.1, 0.15) is 11.7 Å². The first kappa shape index (κ1) is 30.2. The smallest absolute Gasteiger partial charge is 0.266 e. The Hall–Kier alpha value is -3.73. The molecule has 2 atom stereocenters. The van der Waals surface area contributed by atoms with Crippen LogP contribution in [0, 0.1) is 5.92 Å². The number of benzene rings is 1. The second-order valence-electron chi connectivity index (χ2n) is 11.3. The Bertz CT molecular complexity index is 1230. The molecule has 4 N–H and O–H groups in total. The third-order valence-corrected chi connectivity index (χ3v) is 8.30. The number of aryl methyl sites for hydroxylation is 1. The average Bonchev–Trinajstić information content (AvgIpc) is 3.35. The molecule has 0 bridgehead atoms. The normalized spacial score (nSPS) is 18.0. The summed E-state index contributed by atoms with van der Waals surface area (Å²) < 4.78 is 1.44. The maximum atomic E-state index is 13.6. The molecule has 4 rings (SSSR count). The van der Waals surface area contributed by atoms with Gasteiger partial charge in [-0.2, -0.15) is 5.10 Å². The number of primary amides is 1. The summed E-state index contributed by atoms with van der Waals surface area (Å²) in [4.78, 5) is 55.0. The largest absolute Gasteiger partial charge is 0.364 e. The van der Waals surface area contributed by atoms with E-state index < -0.39 is 17.9 Å². The molecule has 11 heteroatoms. The summed E-state index contributed by atoms with van der Waals surface area (Å²) in [5.74, 6) is -1.35. The number of aromatic nitrogens is 2. The Balaban J connectivity index is 1.47. The van der Waals surface area contributed by atoms with E-state index in [1.165, 1.54) is 4.68 Å². The molecule has 1 aliphatic carbocycles. The van der Waals surface area contributed by atoms with Gasteiger partial charge in [0.2, 0.25) is 17.7 Å². The highest BCUT2D eigenvalue weighted by Crippen LogP contribution is 2.36. The average molecular weight is 566 g/mol. The van der Waals surface area contributed by atoms with Crippen molar-refractivity contribution in [1.82, 2.24) is 24.9 Å². The van der Waals surface area contributed by atoms with Crippen molar-refractivity contribution in [1.29, 1.82) is 0 Å². The summed E-state index contributed by atoms with van der Waals surface area (Å²) in [7, 11) is 3.69. The molecular weight excluding hydrogens is 522 g/mol. The number of hydrogen-bond donors (Lipinski definition) is 3. The molecule has 222 valence electrons. The van der Waals surface area contributed by atoms with Crippen LogP contribution in [0.5, 0.6) is 0 Å². The molecule has 2 aliphatic rings. The van der Waals surface area contributed by atoms with Crippen LogP contribution >= 0.6 is 0 Å². The van der Waals surface area contributed by atoms with Crippen LogP contribution in [0.1, 0.15) is 73.1 Å². The van der Waals surface area contributed by atoms with E-state index in [1.807, 2.05) is 36.2 Å². The fourth-order valence-corrected chi connectivity index (χ4v) is 5.85. The van der Waals surface area contributed by atoms with Gasteiger partial charge in [0.15, 0.2) is 0 Å². The van der Waals surface area contributed by atoms with E-state index in [4.69, 9.17) is 5.73 Å². The molecular formula is C30H43N7O4. The Labute approximate surface area is 241 Å². The molecule has 2 fully saturated rings. The summed E-state index contributed by atoms with van der Waals surface area (Å²) in [6.07, 6.45) is 5.77. The van der Waals surface area contributed by atoms with Crippen LogP contribution in [-0.2, 0) is 27.9 Å². The first-order chi connectivity index (χ1) is 19.7. The lowest BCUT2D eigenvalue weighted by Crippen LogP contribution is -2.54. The first-order valence-corrected chi connectivity index (χ1v) is 14.7. The van der Waals surface area contributed by atoms with Crippen molar-refractivity contribution in [2.24, 2.45) is 18.7 Å². The van der Waals surface area contributed by atoms with E-state index in [9.17, 15) is 19.2 Å². The van der Waals surface area contributed by atoms with Gasteiger partial charge in [0.25, 0.3) is 5.91 Å². The fraction of sp³-hybridized carbons (Fsp3) is 0.567. The number of piperazine rings is 1. The number of likely N-dealkylation sites (N-methyl/N-ethyl adjacent to an activating group) is 1. The molecule has 0 radical (unpaired) electrons. The van der Waals surface area contributed by atoms with Crippen molar-refractivity contribution in [2.75, 3.05) is 38.5 Å². The fourth-order valence-electron chi connectivity index (χ4n) is 5.85. The highest BCUT2D eigenvalue weighted by Gasteiger charge is 2.34. The third kappa shape index (κ3) is 7.72. The SMILES string of the molecule is CCC(=O)N[C@H](Cc1ccc(NC(=O)[C@H](c2cc(C(N)=O)n(C)n2)C2CCCCC2)cc1)C(=O)N1CCN(C)CC1.